The minimum Gasteiger partial charge on any atom is -0.496 e. The molecule has 1 aliphatic rings. The first-order valence-electron chi connectivity index (χ1n) is 10.4. The summed E-state index contributed by atoms with van der Waals surface area (Å²) < 4.78 is 21.3. The molecule has 0 atom stereocenters. The van der Waals surface area contributed by atoms with E-state index < -0.39 is 23.8 Å². The van der Waals surface area contributed by atoms with Gasteiger partial charge in [0.1, 0.15) is 31.3 Å². The van der Waals surface area contributed by atoms with Crippen LogP contribution in [0.1, 0.15) is 34.6 Å². The van der Waals surface area contributed by atoms with Crippen molar-refractivity contribution in [1.29, 1.82) is 0 Å². The van der Waals surface area contributed by atoms with Crippen molar-refractivity contribution in [3.05, 3.63) is 59.7 Å². The number of benzene rings is 2. The number of hydrogen-bond donors (Lipinski definition) is 0. The molecule has 9 heteroatoms. The number of hydrogen-bond acceptors (Lipinski definition) is 8. The van der Waals surface area contributed by atoms with E-state index in [9.17, 15) is 19.2 Å². The molecule has 0 spiro atoms. The van der Waals surface area contributed by atoms with Crippen LogP contribution in [0.3, 0.4) is 0 Å². The van der Waals surface area contributed by atoms with E-state index in [2.05, 4.69) is 13.2 Å². The molecule has 0 N–H and O–H groups in total. The molecule has 34 heavy (non-hydrogen) atoms. The van der Waals surface area contributed by atoms with E-state index in [0.717, 1.165) is 4.90 Å². The summed E-state index contributed by atoms with van der Waals surface area (Å²) >= 11 is 0. The van der Waals surface area contributed by atoms with Crippen LogP contribution in [0.25, 0.3) is 10.8 Å². The lowest BCUT2D eigenvalue weighted by molar-refractivity contribution is -0.140. The van der Waals surface area contributed by atoms with E-state index in [4.69, 9.17) is 18.9 Å². The van der Waals surface area contributed by atoms with Gasteiger partial charge in [-0.15, -0.1) is 0 Å². The summed E-state index contributed by atoms with van der Waals surface area (Å²) in [7, 11) is 1.47. The molecule has 9 nitrogen and oxygen atoms in total. The number of imide groups is 1. The summed E-state index contributed by atoms with van der Waals surface area (Å²) in [6.07, 6.45) is 0. The molecule has 2 amide bonds. The molecular formula is C25H25NO8. The fourth-order valence-electron chi connectivity index (χ4n) is 3.43. The highest BCUT2D eigenvalue weighted by Crippen LogP contribution is 2.41. The van der Waals surface area contributed by atoms with Gasteiger partial charge in [0.2, 0.25) is 0 Å². The molecule has 0 aliphatic carbocycles. The Morgan fingerprint density at radius 2 is 1.32 bits per heavy atom. The highest BCUT2D eigenvalue weighted by atomic mass is 16.6. The van der Waals surface area contributed by atoms with Gasteiger partial charge in [-0.25, -0.2) is 9.59 Å². The van der Waals surface area contributed by atoms with Crippen LogP contribution in [0.4, 0.5) is 0 Å². The van der Waals surface area contributed by atoms with Crippen molar-refractivity contribution in [2.24, 2.45) is 0 Å². The van der Waals surface area contributed by atoms with Gasteiger partial charge in [0, 0.05) is 27.7 Å². The third-order valence-corrected chi connectivity index (χ3v) is 5.07. The van der Waals surface area contributed by atoms with Gasteiger partial charge in [-0.2, -0.15) is 0 Å². The van der Waals surface area contributed by atoms with Crippen molar-refractivity contribution < 1.29 is 38.1 Å². The maximum atomic E-state index is 13.1. The van der Waals surface area contributed by atoms with Gasteiger partial charge in [0.15, 0.2) is 0 Å². The van der Waals surface area contributed by atoms with Gasteiger partial charge in [0.25, 0.3) is 11.8 Å². The second kappa shape index (κ2) is 10.2. The average molecular weight is 467 g/mol. The molecule has 1 aliphatic heterocycles. The van der Waals surface area contributed by atoms with Crippen LogP contribution in [0, 0.1) is 0 Å². The summed E-state index contributed by atoms with van der Waals surface area (Å²) in [6.45, 7) is 9.85. The number of nitrogens with zero attached hydrogens (tertiary/aromatic N) is 1. The minimum atomic E-state index is -0.597. The van der Waals surface area contributed by atoms with E-state index >= 15 is 0 Å². The number of esters is 2. The Kier molecular flexibility index (Phi) is 7.35. The van der Waals surface area contributed by atoms with Gasteiger partial charge in [-0.1, -0.05) is 13.2 Å². The number of carbonyl (C=O) groups is 4. The zero-order valence-electron chi connectivity index (χ0n) is 19.3. The lowest BCUT2D eigenvalue weighted by Gasteiger charge is -2.28. The fraction of sp³-hybridized carbons (Fsp3) is 0.280. The van der Waals surface area contributed by atoms with Crippen LogP contribution in [0.5, 0.6) is 11.5 Å². The average Bonchev–Trinajstić information content (AvgIpc) is 2.81. The third-order valence-electron chi connectivity index (χ3n) is 5.07. The number of rotatable bonds is 10. The fourth-order valence-corrected chi connectivity index (χ4v) is 3.43. The lowest BCUT2D eigenvalue weighted by Crippen LogP contribution is -2.42. The maximum absolute atomic E-state index is 13.1. The molecule has 178 valence electrons. The lowest BCUT2D eigenvalue weighted by atomic mass is 9.93. The molecule has 0 aromatic heterocycles. The normalized spacial score (nSPS) is 12.4. The van der Waals surface area contributed by atoms with Crippen LogP contribution in [0.15, 0.2) is 48.6 Å². The molecule has 2 aromatic rings. The maximum Gasteiger partial charge on any atom is 0.333 e. The molecule has 0 bridgehead atoms. The van der Waals surface area contributed by atoms with Crippen LogP contribution in [0.2, 0.25) is 0 Å². The number of ether oxygens (including phenoxy) is 4. The van der Waals surface area contributed by atoms with Crippen LogP contribution in [-0.4, -0.2) is 62.1 Å². The van der Waals surface area contributed by atoms with Crippen molar-refractivity contribution in [2.45, 2.75) is 13.8 Å². The van der Waals surface area contributed by atoms with Gasteiger partial charge in [0.05, 0.1) is 19.0 Å². The molecule has 1 heterocycles. The predicted molar refractivity (Wildman–Crippen MR) is 123 cm³/mol. The number of carbonyl (C=O) groups excluding carboxylic acids is 4. The van der Waals surface area contributed by atoms with Crippen molar-refractivity contribution in [3.8, 4) is 11.5 Å². The van der Waals surface area contributed by atoms with E-state index in [0.29, 0.717) is 22.3 Å². The van der Waals surface area contributed by atoms with E-state index in [1.54, 1.807) is 31.2 Å². The number of methoxy groups -OCH3 is 1. The van der Waals surface area contributed by atoms with Gasteiger partial charge in [-0.05, 0) is 38.1 Å². The quantitative estimate of drug-likeness (QED) is 0.227. The molecule has 3 rings (SSSR count). The Morgan fingerprint density at radius 3 is 1.85 bits per heavy atom. The first kappa shape index (κ1) is 24.5. The Labute approximate surface area is 196 Å². The van der Waals surface area contributed by atoms with Crippen molar-refractivity contribution in [1.82, 2.24) is 4.90 Å². The second-order valence-electron chi connectivity index (χ2n) is 7.62. The summed E-state index contributed by atoms with van der Waals surface area (Å²) in [5, 5.41) is 0.861. The summed E-state index contributed by atoms with van der Waals surface area (Å²) in [5.41, 5.74) is 1.08. The highest BCUT2D eigenvalue weighted by Gasteiger charge is 2.34. The second-order valence-corrected chi connectivity index (χ2v) is 7.62. The monoisotopic (exact) mass is 467 g/mol. The van der Waals surface area contributed by atoms with E-state index in [-0.39, 0.29) is 48.6 Å². The zero-order chi connectivity index (χ0) is 25.0. The Hall–Kier alpha value is -4.14. The largest absolute Gasteiger partial charge is 0.496 e. The topological polar surface area (TPSA) is 108 Å². The predicted octanol–water partition coefficient (Wildman–Crippen LogP) is 3.06. The SMILES string of the molecule is C=C(C)C(=O)OCCOc1ccc2c3c(ccc(OC)c13)C(=O)N(CCOC(=O)C(=C)C)C2=O. The molecule has 0 saturated carbocycles. The molecule has 0 radical (unpaired) electrons. The van der Waals surface area contributed by atoms with Crippen molar-refractivity contribution in [3.63, 3.8) is 0 Å². The smallest absolute Gasteiger partial charge is 0.333 e. The Bertz CT molecular complexity index is 1190. The highest BCUT2D eigenvalue weighted by molar-refractivity contribution is 6.27. The molecule has 2 aromatic carbocycles. The van der Waals surface area contributed by atoms with Gasteiger partial charge < -0.3 is 18.9 Å². The van der Waals surface area contributed by atoms with Crippen molar-refractivity contribution in [2.75, 3.05) is 33.5 Å². The Balaban J connectivity index is 1.89. The van der Waals surface area contributed by atoms with Crippen LogP contribution >= 0.6 is 0 Å². The summed E-state index contributed by atoms with van der Waals surface area (Å²) in [6, 6.07) is 6.34. The number of amides is 2. The first-order valence-corrected chi connectivity index (χ1v) is 10.4. The molecule has 0 saturated heterocycles. The van der Waals surface area contributed by atoms with Crippen LogP contribution < -0.4 is 9.47 Å². The summed E-state index contributed by atoms with van der Waals surface area (Å²) in [5.74, 6) is -1.39. The molecule has 0 unspecified atom stereocenters. The van der Waals surface area contributed by atoms with Crippen molar-refractivity contribution >= 4 is 34.5 Å². The Morgan fingerprint density at radius 1 is 0.794 bits per heavy atom. The standard InChI is InChI=1S/C25H25NO8/c1-14(2)24(29)33-11-10-26-22(27)16-6-8-18(31-5)21-19(9-7-17(20(16)21)23(26)28)32-12-13-34-25(30)15(3)4/h6-9H,1,3,10-13H2,2,4-5H3. The van der Waals surface area contributed by atoms with E-state index in [1.807, 2.05) is 0 Å². The zero-order valence-corrected chi connectivity index (χ0v) is 19.3. The third kappa shape index (κ3) is 4.78. The van der Waals surface area contributed by atoms with Gasteiger partial charge >= 0.3 is 11.9 Å². The van der Waals surface area contributed by atoms with E-state index in [1.165, 1.54) is 14.0 Å². The van der Waals surface area contributed by atoms with Crippen LogP contribution in [-0.2, 0) is 19.1 Å². The van der Waals surface area contributed by atoms with Gasteiger partial charge in [-0.3, -0.25) is 14.5 Å². The molecular weight excluding hydrogens is 442 g/mol. The summed E-state index contributed by atoms with van der Waals surface area (Å²) in [4.78, 5) is 50.5. The first-order chi connectivity index (χ1) is 16.2. The molecule has 0 fully saturated rings. The minimum absolute atomic E-state index is 0.00845.